The van der Waals surface area contributed by atoms with E-state index in [0.29, 0.717) is 17.2 Å². The fraction of sp³-hybridized carbons (Fsp3) is 0.636. The molecule has 2 unspecified atom stereocenters. The number of morpholine rings is 1. The number of nitrogens with zero attached hydrogens (tertiary/aromatic N) is 3. The third kappa shape index (κ3) is 2.27. The number of hydrogen-bond donors (Lipinski definition) is 0. The van der Waals surface area contributed by atoms with Crippen LogP contribution in [-0.4, -0.2) is 40.2 Å². The van der Waals surface area contributed by atoms with Gasteiger partial charge in [0, 0.05) is 30.4 Å². The maximum absolute atomic E-state index is 6.07. The van der Waals surface area contributed by atoms with Crippen LogP contribution >= 0.6 is 23.2 Å². The number of aromatic nitrogens is 2. The Morgan fingerprint density at radius 1 is 1.29 bits per heavy atom. The second-order valence-corrected chi connectivity index (χ2v) is 5.25. The molecular weight excluding hydrogens is 261 g/mol. The maximum Gasteiger partial charge on any atom is 0.223 e. The van der Waals surface area contributed by atoms with E-state index in [1.807, 2.05) is 0 Å². The van der Waals surface area contributed by atoms with Gasteiger partial charge in [-0.15, -0.1) is 0 Å². The molecule has 2 bridgehead atoms. The van der Waals surface area contributed by atoms with Crippen LogP contribution in [0.1, 0.15) is 18.4 Å². The van der Waals surface area contributed by atoms with E-state index in [4.69, 9.17) is 27.9 Å². The summed E-state index contributed by atoms with van der Waals surface area (Å²) in [7, 11) is 0. The third-order valence-corrected chi connectivity index (χ3v) is 4.04. The Morgan fingerprint density at radius 3 is 2.65 bits per heavy atom. The lowest BCUT2D eigenvalue weighted by Gasteiger charge is -2.34. The number of halogens is 2. The molecule has 3 heterocycles. The van der Waals surface area contributed by atoms with Crippen molar-refractivity contribution in [1.82, 2.24) is 14.9 Å². The zero-order valence-electron chi connectivity index (χ0n) is 9.27. The molecule has 0 aromatic carbocycles. The lowest BCUT2D eigenvalue weighted by molar-refractivity contribution is -0.0187. The van der Waals surface area contributed by atoms with Crippen molar-refractivity contribution in [2.24, 2.45) is 0 Å². The van der Waals surface area contributed by atoms with Gasteiger partial charge in [-0.1, -0.05) is 11.6 Å². The standard InChI is InChI=1S/C11H13Cl2N3O/c12-10-7(3-14-11(13)15-10)4-16-8-1-2-9(16)6-17-5-8/h3,8-9H,1-2,4-6H2. The molecule has 2 atom stereocenters. The Labute approximate surface area is 110 Å². The summed E-state index contributed by atoms with van der Waals surface area (Å²) in [5, 5.41) is 0.652. The van der Waals surface area contributed by atoms with Crippen molar-refractivity contribution in [3.8, 4) is 0 Å². The first-order valence-corrected chi connectivity index (χ1v) is 6.50. The van der Waals surface area contributed by atoms with E-state index < -0.39 is 0 Å². The minimum absolute atomic E-state index is 0.198. The van der Waals surface area contributed by atoms with Crippen molar-refractivity contribution in [2.45, 2.75) is 31.5 Å². The molecule has 2 aliphatic rings. The van der Waals surface area contributed by atoms with Crippen LogP contribution in [-0.2, 0) is 11.3 Å². The van der Waals surface area contributed by atoms with Crippen molar-refractivity contribution < 1.29 is 4.74 Å². The first-order valence-electron chi connectivity index (χ1n) is 5.74. The third-order valence-electron chi connectivity index (χ3n) is 3.53. The summed E-state index contributed by atoms with van der Waals surface area (Å²) in [6.45, 7) is 2.43. The molecule has 0 spiro atoms. The summed E-state index contributed by atoms with van der Waals surface area (Å²) >= 11 is 11.8. The van der Waals surface area contributed by atoms with Crippen LogP contribution in [0.15, 0.2) is 6.20 Å². The summed E-state index contributed by atoms with van der Waals surface area (Å²) < 4.78 is 5.55. The summed E-state index contributed by atoms with van der Waals surface area (Å²) in [5.41, 5.74) is 0.940. The second-order valence-electron chi connectivity index (χ2n) is 4.55. The fourth-order valence-electron chi connectivity index (χ4n) is 2.64. The molecule has 1 aromatic heterocycles. The Bertz CT molecular complexity index is 413. The number of hydrogen-bond acceptors (Lipinski definition) is 4. The summed E-state index contributed by atoms with van der Waals surface area (Å²) in [6.07, 6.45) is 4.13. The van der Waals surface area contributed by atoms with E-state index in [-0.39, 0.29) is 5.28 Å². The summed E-state index contributed by atoms with van der Waals surface area (Å²) in [5.74, 6) is 0. The van der Waals surface area contributed by atoms with E-state index in [1.54, 1.807) is 6.20 Å². The molecule has 4 nitrogen and oxygen atoms in total. The molecule has 3 rings (SSSR count). The number of rotatable bonds is 2. The lowest BCUT2D eigenvalue weighted by Crippen LogP contribution is -2.45. The predicted molar refractivity (Wildman–Crippen MR) is 65.2 cm³/mol. The van der Waals surface area contributed by atoms with E-state index >= 15 is 0 Å². The monoisotopic (exact) mass is 273 g/mol. The van der Waals surface area contributed by atoms with Gasteiger partial charge >= 0.3 is 0 Å². The van der Waals surface area contributed by atoms with Gasteiger partial charge in [0.25, 0.3) is 0 Å². The normalized spacial score (nSPS) is 28.6. The minimum Gasteiger partial charge on any atom is -0.378 e. The van der Waals surface area contributed by atoms with E-state index in [0.717, 1.165) is 25.3 Å². The Balaban J connectivity index is 1.78. The predicted octanol–water partition coefficient (Wildman–Crippen LogP) is 2.15. The van der Waals surface area contributed by atoms with Crippen molar-refractivity contribution >= 4 is 23.2 Å². The molecule has 2 aliphatic heterocycles. The maximum atomic E-state index is 6.07. The van der Waals surface area contributed by atoms with Crippen LogP contribution in [0.3, 0.4) is 0 Å². The molecule has 92 valence electrons. The summed E-state index contributed by atoms with van der Waals surface area (Å²) in [6, 6.07) is 1.03. The lowest BCUT2D eigenvalue weighted by atomic mass is 10.2. The van der Waals surface area contributed by atoms with Gasteiger partial charge in [-0.05, 0) is 24.4 Å². The van der Waals surface area contributed by atoms with Gasteiger partial charge in [0.15, 0.2) is 0 Å². The second kappa shape index (κ2) is 4.69. The van der Waals surface area contributed by atoms with Crippen LogP contribution in [0.5, 0.6) is 0 Å². The molecule has 0 saturated carbocycles. The molecule has 1 aromatic rings. The van der Waals surface area contributed by atoms with Crippen molar-refractivity contribution in [2.75, 3.05) is 13.2 Å². The van der Waals surface area contributed by atoms with Crippen molar-refractivity contribution in [3.05, 3.63) is 22.2 Å². The summed E-state index contributed by atoms with van der Waals surface area (Å²) in [4.78, 5) is 10.4. The Morgan fingerprint density at radius 2 is 2.00 bits per heavy atom. The van der Waals surface area contributed by atoms with Gasteiger partial charge in [-0.3, -0.25) is 4.90 Å². The van der Waals surface area contributed by atoms with Gasteiger partial charge in [0.05, 0.1) is 13.2 Å². The SMILES string of the molecule is Clc1ncc(CN2C3CCC2COC3)c(Cl)n1. The number of ether oxygens (including phenoxy) is 1. The van der Waals surface area contributed by atoms with E-state index in [2.05, 4.69) is 14.9 Å². The molecule has 0 aliphatic carbocycles. The first-order chi connectivity index (χ1) is 8.24. The first kappa shape index (κ1) is 11.7. The van der Waals surface area contributed by atoms with Crippen LogP contribution in [0.4, 0.5) is 0 Å². The molecule has 0 N–H and O–H groups in total. The average Bonchev–Trinajstić information content (AvgIpc) is 2.54. The minimum atomic E-state index is 0.198. The molecule has 2 fully saturated rings. The largest absolute Gasteiger partial charge is 0.378 e. The molecule has 17 heavy (non-hydrogen) atoms. The van der Waals surface area contributed by atoms with Crippen LogP contribution < -0.4 is 0 Å². The molecular formula is C11H13Cl2N3O. The van der Waals surface area contributed by atoms with Gasteiger partial charge < -0.3 is 4.74 Å². The van der Waals surface area contributed by atoms with E-state index in [9.17, 15) is 0 Å². The molecule has 2 saturated heterocycles. The topological polar surface area (TPSA) is 38.2 Å². The highest BCUT2D eigenvalue weighted by Crippen LogP contribution is 2.31. The van der Waals surface area contributed by atoms with Gasteiger partial charge in [0.2, 0.25) is 5.28 Å². The quantitative estimate of drug-likeness (QED) is 0.612. The van der Waals surface area contributed by atoms with Crippen LogP contribution in [0.2, 0.25) is 10.4 Å². The van der Waals surface area contributed by atoms with Gasteiger partial charge in [-0.2, -0.15) is 0 Å². The Kier molecular flexibility index (Phi) is 3.21. The molecule has 0 radical (unpaired) electrons. The molecule has 0 amide bonds. The van der Waals surface area contributed by atoms with Crippen molar-refractivity contribution in [3.63, 3.8) is 0 Å². The molecule has 6 heteroatoms. The Hall–Kier alpha value is -0.420. The highest BCUT2D eigenvalue weighted by atomic mass is 35.5. The van der Waals surface area contributed by atoms with E-state index in [1.165, 1.54) is 12.8 Å². The van der Waals surface area contributed by atoms with Crippen LogP contribution in [0.25, 0.3) is 0 Å². The highest BCUT2D eigenvalue weighted by molar-refractivity contribution is 6.32. The smallest absolute Gasteiger partial charge is 0.223 e. The zero-order chi connectivity index (χ0) is 11.8. The fourth-order valence-corrected chi connectivity index (χ4v) is 3.01. The highest BCUT2D eigenvalue weighted by Gasteiger charge is 2.37. The van der Waals surface area contributed by atoms with Gasteiger partial charge in [0.1, 0.15) is 5.15 Å². The zero-order valence-corrected chi connectivity index (χ0v) is 10.8. The van der Waals surface area contributed by atoms with Crippen LogP contribution in [0, 0.1) is 0 Å². The van der Waals surface area contributed by atoms with Crippen molar-refractivity contribution in [1.29, 1.82) is 0 Å². The number of fused-ring (bicyclic) bond motifs is 2. The average molecular weight is 274 g/mol. The van der Waals surface area contributed by atoms with Gasteiger partial charge in [-0.25, -0.2) is 9.97 Å².